The second-order valence-corrected chi connectivity index (χ2v) is 6.59. The van der Waals surface area contributed by atoms with E-state index < -0.39 is 0 Å². The van der Waals surface area contributed by atoms with Crippen LogP contribution in [0.25, 0.3) is 0 Å². The van der Waals surface area contributed by atoms with E-state index in [1.54, 1.807) is 44.9 Å². The van der Waals surface area contributed by atoms with Crippen LogP contribution in [0.3, 0.4) is 0 Å². The van der Waals surface area contributed by atoms with Crippen LogP contribution in [0.2, 0.25) is 0 Å². The monoisotopic (exact) mass is 190 g/mol. The van der Waals surface area contributed by atoms with Crippen LogP contribution in [-0.2, 0) is 0 Å². The Kier molecular flexibility index (Phi) is 1.40. The lowest BCUT2D eigenvalue weighted by molar-refractivity contribution is -0.0996. The van der Waals surface area contributed by atoms with E-state index in [0.717, 1.165) is 11.3 Å². The van der Waals surface area contributed by atoms with Gasteiger partial charge in [-0.05, 0) is 73.5 Å². The fraction of sp³-hybridized carbons (Fsp3) is 1.00. The molecular weight excluding hydrogens is 168 g/mol. The summed E-state index contributed by atoms with van der Waals surface area (Å²) >= 11 is 0. The Labute approximate surface area is 87.5 Å². The van der Waals surface area contributed by atoms with Gasteiger partial charge in [0.25, 0.3) is 0 Å². The van der Waals surface area contributed by atoms with Gasteiger partial charge in [0.15, 0.2) is 0 Å². The third kappa shape index (κ3) is 0.657. The molecule has 4 fully saturated rings. The lowest BCUT2D eigenvalue weighted by Gasteiger charge is -2.59. The van der Waals surface area contributed by atoms with Gasteiger partial charge in [0.05, 0.1) is 0 Å². The molecule has 0 aliphatic heterocycles. The molecule has 0 aromatic heterocycles. The highest BCUT2D eigenvalue weighted by molar-refractivity contribution is 5.17. The van der Waals surface area contributed by atoms with E-state index in [0.29, 0.717) is 0 Å². The van der Waals surface area contributed by atoms with Crippen LogP contribution in [0.4, 0.5) is 0 Å². The molecule has 4 aliphatic rings. The number of hydrogen-bond donors (Lipinski definition) is 0. The lowest BCUT2D eigenvalue weighted by Crippen LogP contribution is -2.51. The molecule has 0 N–H and O–H groups in total. The van der Waals surface area contributed by atoms with Gasteiger partial charge in [-0.15, -0.1) is 0 Å². The minimum Gasteiger partial charge on any atom is -0.0619 e. The summed E-state index contributed by atoms with van der Waals surface area (Å²) in [6, 6.07) is 0. The summed E-state index contributed by atoms with van der Waals surface area (Å²) in [6.45, 7) is 2.57. The van der Waals surface area contributed by atoms with Crippen molar-refractivity contribution in [3.8, 4) is 0 Å². The largest absolute Gasteiger partial charge is 0.0619 e. The topological polar surface area (TPSA) is 0 Å². The zero-order chi connectivity index (χ0) is 9.34. The van der Waals surface area contributed by atoms with E-state index in [1.807, 2.05) is 0 Å². The first-order chi connectivity index (χ1) is 6.84. The Balaban J connectivity index is 1.71. The van der Waals surface area contributed by atoms with Crippen LogP contribution in [0.1, 0.15) is 51.9 Å². The van der Waals surface area contributed by atoms with E-state index in [2.05, 4.69) is 6.92 Å². The fourth-order valence-electron chi connectivity index (χ4n) is 5.73. The first-order valence-corrected chi connectivity index (χ1v) is 6.84. The van der Waals surface area contributed by atoms with Gasteiger partial charge in [0.1, 0.15) is 0 Å². The molecule has 5 atom stereocenters. The average Bonchev–Trinajstić information content (AvgIpc) is 2.02. The van der Waals surface area contributed by atoms with E-state index in [4.69, 9.17) is 0 Å². The van der Waals surface area contributed by atoms with Gasteiger partial charge in [-0.1, -0.05) is 13.3 Å². The van der Waals surface area contributed by atoms with Crippen molar-refractivity contribution >= 4 is 0 Å². The van der Waals surface area contributed by atoms with E-state index in [-0.39, 0.29) is 0 Å². The zero-order valence-corrected chi connectivity index (χ0v) is 9.34. The normalized spacial score (nSPS) is 60.6. The average molecular weight is 190 g/mol. The Morgan fingerprint density at radius 2 is 1.79 bits per heavy atom. The Hall–Kier alpha value is 0. The van der Waals surface area contributed by atoms with Crippen LogP contribution < -0.4 is 0 Å². The van der Waals surface area contributed by atoms with Crippen LogP contribution in [0.15, 0.2) is 0 Å². The van der Waals surface area contributed by atoms with Crippen LogP contribution in [-0.4, -0.2) is 0 Å². The molecule has 4 saturated carbocycles. The van der Waals surface area contributed by atoms with E-state index >= 15 is 0 Å². The third-order valence-electron chi connectivity index (χ3n) is 6.77. The van der Waals surface area contributed by atoms with Crippen LogP contribution in [0.5, 0.6) is 0 Å². The van der Waals surface area contributed by atoms with Crippen molar-refractivity contribution < 1.29 is 0 Å². The molecule has 0 saturated heterocycles. The Morgan fingerprint density at radius 3 is 2.21 bits per heavy atom. The molecule has 0 aromatic carbocycles. The molecule has 78 valence electrons. The molecule has 0 nitrogen and oxygen atoms in total. The SMILES string of the molecule is CC1C2CCC2C2(C3CCC3)CCC12. The maximum absolute atomic E-state index is 2.57. The van der Waals surface area contributed by atoms with Gasteiger partial charge in [0.2, 0.25) is 0 Å². The Bertz CT molecular complexity index is 253. The lowest BCUT2D eigenvalue weighted by atomic mass is 9.46. The summed E-state index contributed by atoms with van der Waals surface area (Å²) in [4.78, 5) is 0. The molecule has 4 aliphatic carbocycles. The zero-order valence-electron chi connectivity index (χ0n) is 9.34. The standard InChI is InChI=1S/C14H22/c1-9-11-5-6-13(11)14(8-7-12(9)14)10-3-2-4-10/h9-13H,2-8H2,1H3. The molecule has 5 unspecified atom stereocenters. The highest BCUT2D eigenvalue weighted by Crippen LogP contribution is 2.75. The summed E-state index contributed by atoms with van der Waals surface area (Å²) in [5.74, 6) is 5.82. The van der Waals surface area contributed by atoms with Crippen molar-refractivity contribution in [2.24, 2.45) is 35.0 Å². The summed E-state index contributed by atoms with van der Waals surface area (Å²) < 4.78 is 0. The molecule has 0 aromatic rings. The van der Waals surface area contributed by atoms with Crippen LogP contribution >= 0.6 is 0 Å². The molecule has 14 heavy (non-hydrogen) atoms. The maximum atomic E-state index is 2.57. The highest BCUT2D eigenvalue weighted by Gasteiger charge is 2.68. The van der Waals surface area contributed by atoms with Crippen molar-refractivity contribution in [3.05, 3.63) is 0 Å². The summed E-state index contributed by atoms with van der Waals surface area (Å²) in [5.41, 5.74) is 0.917. The van der Waals surface area contributed by atoms with Gasteiger partial charge < -0.3 is 0 Å². The maximum Gasteiger partial charge on any atom is -0.0207 e. The highest BCUT2D eigenvalue weighted by atomic mass is 14.7. The van der Waals surface area contributed by atoms with E-state index in [9.17, 15) is 0 Å². The van der Waals surface area contributed by atoms with Gasteiger partial charge in [-0.25, -0.2) is 0 Å². The van der Waals surface area contributed by atoms with Gasteiger partial charge >= 0.3 is 0 Å². The van der Waals surface area contributed by atoms with E-state index in [1.165, 1.54) is 23.7 Å². The van der Waals surface area contributed by atoms with Crippen molar-refractivity contribution in [2.75, 3.05) is 0 Å². The van der Waals surface area contributed by atoms with Gasteiger partial charge in [-0.3, -0.25) is 0 Å². The molecule has 0 radical (unpaired) electrons. The Morgan fingerprint density at radius 1 is 0.929 bits per heavy atom. The molecular formula is C14H22. The van der Waals surface area contributed by atoms with Crippen molar-refractivity contribution in [1.29, 1.82) is 0 Å². The number of fused-ring (bicyclic) bond motifs is 3. The molecule has 4 rings (SSSR count). The van der Waals surface area contributed by atoms with Crippen molar-refractivity contribution in [2.45, 2.75) is 51.9 Å². The second kappa shape index (κ2) is 2.39. The number of rotatable bonds is 1. The molecule has 0 spiro atoms. The molecule has 0 amide bonds. The van der Waals surface area contributed by atoms with Crippen molar-refractivity contribution in [3.63, 3.8) is 0 Å². The van der Waals surface area contributed by atoms with Crippen molar-refractivity contribution in [1.82, 2.24) is 0 Å². The minimum atomic E-state index is 0.917. The predicted molar refractivity (Wildman–Crippen MR) is 57.9 cm³/mol. The fourth-order valence-corrected chi connectivity index (χ4v) is 5.73. The number of hydrogen-bond acceptors (Lipinski definition) is 0. The minimum absolute atomic E-state index is 0.917. The van der Waals surface area contributed by atoms with Crippen LogP contribution in [0, 0.1) is 35.0 Å². The first kappa shape index (κ1) is 8.19. The summed E-state index contributed by atoms with van der Waals surface area (Å²) in [6.07, 6.45) is 11.1. The third-order valence-corrected chi connectivity index (χ3v) is 6.77. The molecule has 0 bridgehead atoms. The summed E-state index contributed by atoms with van der Waals surface area (Å²) in [7, 11) is 0. The molecule has 0 heterocycles. The van der Waals surface area contributed by atoms with Gasteiger partial charge in [-0.2, -0.15) is 0 Å². The van der Waals surface area contributed by atoms with Gasteiger partial charge in [0, 0.05) is 0 Å². The second-order valence-electron chi connectivity index (χ2n) is 6.59. The first-order valence-electron chi connectivity index (χ1n) is 6.84. The summed E-state index contributed by atoms with van der Waals surface area (Å²) in [5, 5.41) is 0. The quantitative estimate of drug-likeness (QED) is 0.589. The smallest absolute Gasteiger partial charge is 0.0207 e. The predicted octanol–water partition coefficient (Wildman–Crippen LogP) is 3.86. The molecule has 0 heteroatoms.